The molecule has 3 aromatic heterocycles. The van der Waals surface area contributed by atoms with Gasteiger partial charge in [-0.05, 0) is 88.0 Å². The molecule has 0 saturated heterocycles. The van der Waals surface area contributed by atoms with Crippen molar-refractivity contribution in [2.75, 3.05) is 30.6 Å². The summed E-state index contributed by atoms with van der Waals surface area (Å²) in [7, 11) is 2.24. The van der Waals surface area contributed by atoms with Crippen LogP contribution in [0.1, 0.15) is 33.8 Å². The van der Waals surface area contributed by atoms with Gasteiger partial charge >= 0.3 is 35.0 Å². The van der Waals surface area contributed by atoms with Crippen molar-refractivity contribution < 1.29 is 43.3 Å². The van der Waals surface area contributed by atoms with Crippen LogP contribution in [0.3, 0.4) is 0 Å². The molecule has 0 aromatic carbocycles. The van der Waals surface area contributed by atoms with E-state index >= 15 is 0 Å². The summed E-state index contributed by atoms with van der Waals surface area (Å²) in [6.07, 6.45) is 4.58. The number of carboxylic acids is 1. The number of anilines is 3. The van der Waals surface area contributed by atoms with Crippen LogP contribution in [0.25, 0.3) is 0 Å². The van der Waals surface area contributed by atoms with Crippen molar-refractivity contribution in [3.8, 4) is 0 Å². The zero-order chi connectivity index (χ0) is 34.9. The Kier molecular flexibility index (Phi) is 17.3. The van der Waals surface area contributed by atoms with Crippen molar-refractivity contribution in [1.29, 1.82) is 0 Å². The number of hydrogen-bond acceptors (Lipinski definition) is 12. The molecule has 0 spiro atoms. The summed E-state index contributed by atoms with van der Waals surface area (Å²) in [5.41, 5.74) is 12.8. The molecule has 3 aromatic rings. The van der Waals surface area contributed by atoms with Crippen LogP contribution in [-0.4, -0.2) is 69.2 Å². The number of carboxylic acid groups (broad SMARTS) is 1. The van der Waals surface area contributed by atoms with Gasteiger partial charge in [0.1, 0.15) is 0 Å². The van der Waals surface area contributed by atoms with Gasteiger partial charge in [0.25, 0.3) is 0 Å². The number of pyridine rings is 3. The van der Waals surface area contributed by atoms with Crippen molar-refractivity contribution in [3.05, 3.63) is 70.6 Å². The smallest absolute Gasteiger partial charge is 0.396 e. The number of ether oxygens (including phenoxy) is 2. The first-order valence-electron chi connectivity index (χ1n) is 12.7. The Morgan fingerprint density at radius 3 is 1.33 bits per heavy atom. The van der Waals surface area contributed by atoms with E-state index < -0.39 is 35.0 Å². The summed E-state index contributed by atoms with van der Waals surface area (Å²) in [5.74, 6) is -5.32. The van der Waals surface area contributed by atoms with E-state index in [0.717, 1.165) is 53.7 Å². The highest BCUT2D eigenvalue weighted by Gasteiger charge is 2.14. The van der Waals surface area contributed by atoms with E-state index in [1.165, 1.54) is 12.4 Å². The van der Waals surface area contributed by atoms with Crippen LogP contribution in [0, 0.1) is 41.5 Å². The molecule has 242 valence electrons. The van der Waals surface area contributed by atoms with Gasteiger partial charge in [0, 0.05) is 17.1 Å². The predicted octanol–water partition coefficient (Wildman–Crippen LogP) is 2.74. The number of nitrogen functional groups attached to an aromatic ring is 1. The number of rotatable bonds is 3. The standard InChI is InChI=1S/C10H12N2O3.C9H10N2O3.C7H10N2.C3H3ClO3/c1-6-4-8(5-11-7(6)2)12-9(13)10(14)15-3;1-5-3-7(4-10-6(5)2)11-8(12)9(13)14;1-5-3-7(8)4-9-6(5)2;1-7-3(6)2(4)5/h4-5H,1-3H3,(H,12,13);3-4H,1-2H3,(H,11,12)(H,13,14);3-4H,8H2,1-2H3;1H3. The van der Waals surface area contributed by atoms with Crippen molar-refractivity contribution in [1.82, 2.24) is 15.0 Å². The number of nitrogens with two attached hydrogens (primary N) is 1. The third-order valence-electron chi connectivity index (χ3n) is 5.47. The second kappa shape index (κ2) is 19.7. The minimum atomic E-state index is -1.51. The predicted molar refractivity (Wildman–Crippen MR) is 165 cm³/mol. The van der Waals surface area contributed by atoms with Crippen LogP contribution < -0.4 is 16.4 Å². The summed E-state index contributed by atoms with van der Waals surface area (Å²) in [4.78, 5) is 74.5. The first kappa shape index (κ1) is 39.6. The molecule has 15 nitrogen and oxygen atoms in total. The minimum absolute atomic E-state index is 0.389. The van der Waals surface area contributed by atoms with Crippen LogP contribution in [0.5, 0.6) is 0 Å². The molecule has 16 heteroatoms. The summed E-state index contributed by atoms with van der Waals surface area (Å²) in [5, 5.41) is 11.8. The quantitative estimate of drug-likeness (QED) is 0.182. The summed E-state index contributed by atoms with van der Waals surface area (Å²) in [6.45, 7) is 11.4. The van der Waals surface area contributed by atoms with Crippen molar-refractivity contribution in [3.63, 3.8) is 0 Å². The van der Waals surface area contributed by atoms with Crippen LogP contribution in [0.15, 0.2) is 36.8 Å². The molecule has 0 saturated carbocycles. The minimum Gasteiger partial charge on any atom is -0.474 e. The van der Waals surface area contributed by atoms with E-state index in [9.17, 15) is 28.8 Å². The first-order chi connectivity index (χ1) is 20.9. The van der Waals surface area contributed by atoms with Gasteiger partial charge in [-0.25, -0.2) is 14.4 Å². The molecule has 2 amide bonds. The van der Waals surface area contributed by atoms with E-state index in [1.54, 1.807) is 18.3 Å². The number of methoxy groups -OCH3 is 2. The van der Waals surface area contributed by atoms with Gasteiger partial charge in [-0.15, -0.1) is 0 Å². The molecule has 3 rings (SSSR count). The molecule has 0 aliphatic heterocycles. The SMILES string of the molecule is COC(=O)C(=O)Cl.COC(=O)C(=O)Nc1cnc(C)c(C)c1.Cc1cc(N)cnc1C.Cc1cc(NC(=O)C(=O)O)cnc1C. The van der Waals surface area contributed by atoms with E-state index in [1.807, 2.05) is 47.6 Å². The number of esters is 2. The largest absolute Gasteiger partial charge is 0.474 e. The molecule has 0 radical (unpaired) electrons. The lowest BCUT2D eigenvalue weighted by Crippen LogP contribution is -2.23. The Morgan fingerprint density at radius 2 is 1.04 bits per heavy atom. The summed E-state index contributed by atoms with van der Waals surface area (Å²) >= 11 is 4.61. The number of carbonyl (C=O) groups excluding carboxylic acids is 5. The molecule has 0 atom stereocenters. The maximum absolute atomic E-state index is 11.1. The number of amides is 2. The first-order valence-corrected chi connectivity index (χ1v) is 13.1. The summed E-state index contributed by atoms with van der Waals surface area (Å²) < 4.78 is 8.16. The zero-order valence-electron chi connectivity index (χ0n) is 26.0. The van der Waals surface area contributed by atoms with Gasteiger partial charge in [-0.1, -0.05) is 0 Å². The van der Waals surface area contributed by atoms with Gasteiger partial charge in [0.2, 0.25) is 0 Å². The molecular formula is C29H35ClN6O9. The number of aliphatic carboxylic acids is 1. The average Bonchev–Trinajstić information content (AvgIpc) is 2.98. The van der Waals surface area contributed by atoms with E-state index in [2.05, 4.69) is 46.7 Å². The molecule has 45 heavy (non-hydrogen) atoms. The highest BCUT2D eigenvalue weighted by Crippen LogP contribution is 2.12. The lowest BCUT2D eigenvalue weighted by atomic mass is 10.2. The van der Waals surface area contributed by atoms with Crippen LogP contribution in [-0.2, 0) is 38.2 Å². The fourth-order valence-electron chi connectivity index (χ4n) is 2.63. The Hall–Kier alpha value is -5.44. The van der Waals surface area contributed by atoms with Crippen molar-refractivity contribution >= 4 is 63.6 Å². The van der Waals surface area contributed by atoms with Crippen LogP contribution in [0.4, 0.5) is 17.1 Å². The average molecular weight is 647 g/mol. The Morgan fingerprint density at radius 1 is 0.667 bits per heavy atom. The van der Waals surface area contributed by atoms with Gasteiger partial charge in [-0.3, -0.25) is 29.3 Å². The number of nitrogens with zero attached hydrogens (tertiary/aromatic N) is 3. The van der Waals surface area contributed by atoms with Crippen LogP contribution >= 0.6 is 11.6 Å². The fraction of sp³-hybridized carbons (Fsp3) is 0.276. The molecule has 3 heterocycles. The fourth-order valence-corrected chi connectivity index (χ4v) is 2.70. The third kappa shape index (κ3) is 15.6. The number of aromatic nitrogens is 3. The number of nitrogens with one attached hydrogen (secondary N) is 2. The molecule has 5 N–H and O–H groups in total. The third-order valence-corrected chi connectivity index (χ3v) is 5.62. The van der Waals surface area contributed by atoms with Crippen molar-refractivity contribution in [2.45, 2.75) is 41.5 Å². The van der Waals surface area contributed by atoms with Crippen LogP contribution in [0.2, 0.25) is 0 Å². The number of hydrogen-bond donors (Lipinski definition) is 4. The van der Waals surface area contributed by atoms with Crippen molar-refractivity contribution in [2.24, 2.45) is 0 Å². The lowest BCUT2D eigenvalue weighted by molar-refractivity contribution is -0.150. The highest BCUT2D eigenvalue weighted by molar-refractivity contribution is 6.80. The normalized spacial score (nSPS) is 9.27. The summed E-state index contributed by atoms with van der Waals surface area (Å²) in [6, 6.07) is 5.33. The zero-order valence-corrected chi connectivity index (χ0v) is 26.7. The molecule has 0 unspecified atom stereocenters. The van der Waals surface area contributed by atoms with Gasteiger partial charge in [-0.2, -0.15) is 0 Å². The highest BCUT2D eigenvalue weighted by atomic mass is 35.5. The Labute approximate surface area is 264 Å². The molecule has 0 aliphatic carbocycles. The second-order valence-corrected chi connectivity index (χ2v) is 9.24. The maximum atomic E-state index is 11.1. The topological polar surface area (TPSA) is 230 Å². The number of halogens is 1. The molecule has 0 aliphatic rings. The Balaban J connectivity index is 0.000000598. The number of aryl methyl sites for hydroxylation is 6. The lowest BCUT2D eigenvalue weighted by Gasteiger charge is -2.05. The van der Waals surface area contributed by atoms with Gasteiger partial charge < -0.3 is 30.9 Å². The number of carbonyl (C=O) groups is 6. The monoisotopic (exact) mass is 646 g/mol. The molecule has 0 fully saturated rings. The van der Waals surface area contributed by atoms with E-state index in [-0.39, 0.29) is 0 Å². The molecular weight excluding hydrogens is 612 g/mol. The van der Waals surface area contributed by atoms with E-state index in [4.69, 9.17) is 10.8 Å². The molecule has 0 bridgehead atoms. The van der Waals surface area contributed by atoms with E-state index in [0.29, 0.717) is 11.4 Å². The maximum Gasteiger partial charge on any atom is 0.396 e. The van der Waals surface area contributed by atoms with Gasteiger partial charge in [0.15, 0.2) is 0 Å². The Bertz CT molecular complexity index is 1550. The van der Waals surface area contributed by atoms with Gasteiger partial charge in [0.05, 0.1) is 49.9 Å². The second-order valence-electron chi connectivity index (χ2n) is 8.89.